The number of nitrogens with one attached hydrogen (secondary N) is 1. The van der Waals surface area contributed by atoms with Gasteiger partial charge in [-0.3, -0.25) is 4.90 Å². The van der Waals surface area contributed by atoms with E-state index in [0.29, 0.717) is 31.7 Å². The first-order valence-electron chi connectivity index (χ1n) is 6.09. The van der Waals surface area contributed by atoms with Crippen LogP contribution in [0.2, 0.25) is 5.15 Å². The third-order valence-corrected chi connectivity index (χ3v) is 3.48. The first-order valence-corrected chi connectivity index (χ1v) is 6.47. The summed E-state index contributed by atoms with van der Waals surface area (Å²) in [4.78, 5) is 5.69. The Hall–Kier alpha value is -0.850. The molecule has 1 aromatic heterocycles. The van der Waals surface area contributed by atoms with E-state index in [2.05, 4.69) is 10.3 Å². The summed E-state index contributed by atoms with van der Waals surface area (Å²) in [5.74, 6) is 0. The maximum atomic E-state index is 12.8. The van der Waals surface area contributed by atoms with Crippen LogP contribution in [0.1, 0.15) is 18.0 Å². The highest BCUT2D eigenvalue weighted by atomic mass is 35.5. The smallest absolute Gasteiger partial charge is 0.314 e. The van der Waals surface area contributed by atoms with E-state index in [1.165, 1.54) is 6.20 Å². The van der Waals surface area contributed by atoms with Gasteiger partial charge in [-0.2, -0.15) is 13.2 Å². The monoisotopic (exact) mass is 293 g/mol. The highest BCUT2D eigenvalue weighted by Gasteiger charge is 2.36. The predicted octanol–water partition coefficient (Wildman–Crippen LogP) is 2.63. The molecule has 0 aromatic carbocycles. The molecule has 2 heterocycles. The molecule has 1 atom stereocenters. The van der Waals surface area contributed by atoms with Crippen molar-refractivity contribution in [1.29, 1.82) is 0 Å². The van der Waals surface area contributed by atoms with Crippen LogP contribution in [0.25, 0.3) is 0 Å². The number of halogens is 4. The molecular formula is C12H15ClF3N3. The lowest BCUT2D eigenvalue weighted by Crippen LogP contribution is -2.46. The van der Waals surface area contributed by atoms with Gasteiger partial charge in [-0.25, -0.2) is 4.98 Å². The van der Waals surface area contributed by atoms with Crippen molar-refractivity contribution in [2.45, 2.75) is 18.6 Å². The zero-order valence-electron chi connectivity index (χ0n) is 10.3. The van der Waals surface area contributed by atoms with E-state index in [1.54, 1.807) is 12.1 Å². The molecule has 0 unspecified atom stereocenters. The zero-order chi connectivity index (χ0) is 13.9. The lowest BCUT2D eigenvalue weighted by Gasteiger charge is -2.35. The quantitative estimate of drug-likeness (QED) is 0.869. The molecule has 0 aliphatic carbocycles. The molecule has 1 aromatic rings. The van der Waals surface area contributed by atoms with Gasteiger partial charge >= 0.3 is 6.18 Å². The van der Waals surface area contributed by atoms with Crippen molar-refractivity contribution in [3.63, 3.8) is 0 Å². The number of alkyl halides is 3. The second kappa shape index (κ2) is 6.07. The van der Waals surface area contributed by atoms with Crippen LogP contribution >= 0.6 is 11.6 Å². The Morgan fingerprint density at radius 3 is 2.63 bits per heavy atom. The van der Waals surface area contributed by atoms with E-state index in [-0.39, 0.29) is 5.15 Å². The number of hydrogen-bond acceptors (Lipinski definition) is 3. The molecule has 2 rings (SSSR count). The van der Waals surface area contributed by atoms with Crippen molar-refractivity contribution < 1.29 is 13.2 Å². The Balaban J connectivity index is 2.25. The summed E-state index contributed by atoms with van der Waals surface area (Å²) in [5, 5.41) is 3.28. The van der Waals surface area contributed by atoms with Gasteiger partial charge in [0.05, 0.1) is 6.42 Å². The highest BCUT2D eigenvalue weighted by molar-refractivity contribution is 6.30. The van der Waals surface area contributed by atoms with Crippen molar-refractivity contribution in [2.24, 2.45) is 0 Å². The van der Waals surface area contributed by atoms with E-state index >= 15 is 0 Å². The molecule has 0 spiro atoms. The van der Waals surface area contributed by atoms with Gasteiger partial charge in [0.2, 0.25) is 0 Å². The Morgan fingerprint density at radius 1 is 1.37 bits per heavy atom. The van der Waals surface area contributed by atoms with Gasteiger partial charge in [0.25, 0.3) is 0 Å². The number of piperazine rings is 1. The molecular weight excluding hydrogens is 279 g/mol. The van der Waals surface area contributed by atoms with Gasteiger partial charge in [-0.1, -0.05) is 17.7 Å². The van der Waals surface area contributed by atoms with Crippen molar-refractivity contribution in [3.05, 3.63) is 29.0 Å². The second-order valence-corrected chi connectivity index (χ2v) is 4.86. The molecule has 1 N–H and O–H groups in total. The maximum absolute atomic E-state index is 12.8. The van der Waals surface area contributed by atoms with Gasteiger partial charge in [0, 0.05) is 44.0 Å². The van der Waals surface area contributed by atoms with E-state index in [4.69, 9.17) is 11.6 Å². The number of rotatable bonds is 3. The molecule has 0 amide bonds. The molecule has 1 fully saturated rings. The van der Waals surface area contributed by atoms with Crippen LogP contribution in [-0.2, 0) is 0 Å². The van der Waals surface area contributed by atoms with Crippen molar-refractivity contribution in [3.8, 4) is 0 Å². The number of nitrogens with zero attached hydrogens (tertiary/aromatic N) is 2. The summed E-state index contributed by atoms with van der Waals surface area (Å²) < 4.78 is 38.3. The van der Waals surface area contributed by atoms with Gasteiger partial charge in [-0.15, -0.1) is 0 Å². The predicted molar refractivity (Wildman–Crippen MR) is 67.1 cm³/mol. The summed E-state index contributed by atoms with van der Waals surface area (Å²) >= 11 is 5.95. The van der Waals surface area contributed by atoms with Gasteiger partial charge in [0.1, 0.15) is 5.15 Å². The summed E-state index contributed by atoms with van der Waals surface area (Å²) in [6.07, 6.45) is -3.65. The second-order valence-electron chi connectivity index (χ2n) is 4.50. The summed E-state index contributed by atoms with van der Waals surface area (Å²) in [7, 11) is 0. The Kier molecular flexibility index (Phi) is 4.65. The lowest BCUT2D eigenvalue weighted by molar-refractivity contribution is -0.148. The normalized spacial score (nSPS) is 19.4. The summed E-state index contributed by atoms with van der Waals surface area (Å²) in [6.45, 7) is 2.52. The topological polar surface area (TPSA) is 28.2 Å². The highest BCUT2D eigenvalue weighted by Crippen LogP contribution is 2.36. The molecule has 3 nitrogen and oxygen atoms in total. The SMILES string of the molecule is FC(F)(F)C[C@@H](c1cccnc1Cl)N1CCNCC1. The third kappa shape index (κ3) is 4.06. The van der Waals surface area contributed by atoms with Gasteiger partial charge < -0.3 is 5.32 Å². The third-order valence-electron chi connectivity index (χ3n) is 3.16. The average molecular weight is 294 g/mol. The summed E-state index contributed by atoms with van der Waals surface area (Å²) in [5.41, 5.74) is 0.448. The lowest BCUT2D eigenvalue weighted by atomic mass is 10.0. The van der Waals surface area contributed by atoms with E-state index in [1.807, 2.05) is 4.90 Å². The van der Waals surface area contributed by atoms with Crippen LogP contribution in [0.15, 0.2) is 18.3 Å². The molecule has 1 aliphatic rings. The average Bonchev–Trinajstić information content (AvgIpc) is 2.37. The fourth-order valence-corrected chi connectivity index (χ4v) is 2.54. The molecule has 19 heavy (non-hydrogen) atoms. The maximum Gasteiger partial charge on any atom is 0.390 e. The number of aromatic nitrogens is 1. The van der Waals surface area contributed by atoms with Crippen LogP contribution < -0.4 is 5.32 Å². The minimum Gasteiger partial charge on any atom is -0.314 e. The molecule has 0 radical (unpaired) electrons. The van der Waals surface area contributed by atoms with Crippen LogP contribution in [0.4, 0.5) is 13.2 Å². The van der Waals surface area contributed by atoms with Crippen LogP contribution in [0, 0.1) is 0 Å². The molecule has 106 valence electrons. The number of hydrogen-bond donors (Lipinski definition) is 1. The van der Waals surface area contributed by atoms with E-state index < -0.39 is 18.6 Å². The minimum atomic E-state index is -4.23. The largest absolute Gasteiger partial charge is 0.390 e. The first-order chi connectivity index (χ1) is 8.97. The van der Waals surface area contributed by atoms with Crippen LogP contribution in [-0.4, -0.2) is 42.2 Å². The van der Waals surface area contributed by atoms with Crippen molar-refractivity contribution in [1.82, 2.24) is 15.2 Å². The zero-order valence-corrected chi connectivity index (χ0v) is 11.0. The molecule has 1 aliphatic heterocycles. The fourth-order valence-electron chi connectivity index (χ4n) is 2.30. The van der Waals surface area contributed by atoms with Crippen molar-refractivity contribution >= 4 is 11.6 Å². The Bertz CT molecular complexity index is 419. The van der Waals surface area contributed by atoms with Crippen molar-refractivity contribution in [2.75, 3.05) is 26.2 Å². The Labute approximate surface area is 114 Å². The molecule has 0 saturated carbocycles. The molecule has 0 bridgehead atoms. The summed E-state index contributed by atoms with van der Waals surface area (Å²) in [6, 6.07) is 2.48. The van der Waals surface area contributed by atoms with Crippen LogP contribution in [0.3, 0.4) is 0 Å². The number of pyridine rings is 1. The van der Waals surface area contributed by atoms with E-state index in [9.17, 15) is 13.2 Å². The molecule has 7 heteroatoms. The minimum absolute atomic E-state index is 0.148. The fraction of sp³-hybridized carbons (Fsp3) is 0.583. The first kappa shape index (κ1) is 14.6. The van der Waals surface area contributed by atoms with Gasteiger partial charge in [0.15, 0.2) is 0 Å². The standard InChI is InChI=1S/C12H15ClF3N3/c13-11-9(2-1-3-18-11)10(8-12(14,15)16)19-6-4-17-5-7-19/h1-3,10,17H,4-8H2/t10-/m0/s1. The molecule has 1 saturated heterocycles. The van der Waals surface area contributed by atoms with Gasteiger partial charge in [-0.05, 0) is 6.07 Å². The van der Waals surface area contributed by atoms with E-state index in [0.717, 1.165) is 0 Å². The Morgan fingerprint density at radius 2 is 2.05 bits per heavy atom. The van der Waals surface area contributed by atoms with Crippen LogP contribution in [0.5, 0.6) is 0 Å².